The van der Waals surface area contributed by atoms with Crippen molar-refractivity contribution in [3.05, 3.63) is 83.6 Å². The molecule has 47 heavy (non-hydrogen) atoms. The number of nitrogens with one attached hydrogen (secondary N) is 2. The molecule has 10 heteroatoms. The molecule has 2 aromatic carbocycles. The van der Waals surface area contributed by atoms with Crippen LogP contribution in [-0.4, -0.2) is 66.2 Å². The third-order valence-corrected chi connectivity index (χ3v) is 8.02. The molecule has 2 aliphatic heterocycles. The normalized spacial score (nSPS) is 18.4. The molecule has 0 bridgehead atoms. The van der Waals surface area contributed by atoms with Gasteiger partial charge < -0.3 is 19.4 Å². The fourth-order valence-electron chi connectivity index (χ4n) is 5.93. The molecule has 2 aliphatic rings. The molecule has 2 aromatic heterocycles. The van der Waals surface area contributed by atoms with Crippen LogP contribution in [0, 0.1) is 11.8 Å². The Kier molecular flexibility index (Phi) is 8.35. The first-order chi connectivity index (χ1) is 22.2. The third-order valence-electron chi connectivity index (χ3n) is 8.02. The van der Waals surface area contributed by atoms with Gasteiger partial charge in [-0.25, -0.2) is 19.6 Å². The molecule has 10 nitrogen and oxygen atoms in total. The summed E-state index contributed by atoms with van der Waals surface area (Å²) in [5.41, 5.74) is 4.99. The summed E-state index contributed by atoms with van der Waals surface area (Å²) in [6.45, 7) is 16.4. The molecule has 244 valence electrons. The lowest BCUT2D eigenvalue weighted by molar-refractivity contribution is 0.0210. The standard InChI is InChI=1S/C37H42N6O4/c1-23-19-31(43(22-23)35(45)47-37(5,6)7)33-39-27-17-14-25(20-28(27)40-33)11-10-24-12-15-26(16-13-24)29-21-38-32(41-29)30-9-8-18-42(30)34(44)46-36(2,3)4/h12-17,20-21,30-31H,1,8-9,18-19,22H2,2-7H3,(H,38,41)(H,39,40)/t30-,31-/m0/s1. The SMILES string of the molecule is C=C1C[C@@H](c2nc3ccc(C#Cc4ccc(-c5c[nH]c([C@@H]6CCCN6C(=O)OC(C)(C)C)n5)cc4)cc3[nH]2)N(C(=O)OC(C)(C)C)C1. The quantitative estimate of drug-likeness (QED) is 0.177. The molecule has 0 radical (unpaired) electrons. The number of benzene rings is 2. The Labute approximate surface area is 275 Å². The minimum absolute atomic E-state index is 0.131. The van der Waals surface area contributed by atoms with E-state index in [2.05, 4.69) is 28.4 Å². The molecular weight excluding hydrogens is 592 g/mol. The molecule has 2 atom stereocenters. The van der Waals surface area contributed by atoms with Crippen LogP contribution in [0.1, 0.15) is 95.7 Å². The fraction of sp³-hybridized carbons (Fsp3) is 0.405. The number of carbonyl (C=O) groups excluding carboxylic acids is 2. The van der Waals surface area contributed by atoms with Gasteiger partial charge in [-0.2, -0.15) is 0 Å². The van der Waals surface area contributed by atoms with Crippen LogP contribution >= 0.6 is 0 Å². The molecule has 0 spiro atoms. The van der Waals surface area contributed by atoms with Crippen molar-refractivity contribution in [3.8, 4) is 23.1 Å². The maximum atomic E-state index is 12.9. The number of nitrogens with zero attached hydrogens (tertiary/aromatic N) is 4. The number of likely N-dealkylation sites (tertiary alicyclic amines) is 2. The lowest BCUT2D eigenvalue weighted by Crippen LogP contribution is -2.36. The van der Waals surface area contributed by atoms with Crippen molar-refractivity contribution < 1.29 is 19.1 Å². The highest BCUT2D eigenvalue weighted by molar-refractivity contribution is 5.78. The van der Waals surface area contributed by atoms with Crippen molar-refractivity contribution in [2.24, 2.45) is 0 Å². The number of hydrogen-bond acceptors (Lipinski definition) is 6. The second kappa shape index (κ2) is 12.3. The predicted molar refractivity (Wildman–Crippen MR) is 180 cm³/mol. The second-order valence-electron chi connectivity index (χ2n) is 14.3. The Morgan fingerprint density at radius 2 is 1.53 bits per heavy atom. The number of aromatic nitrogens is 4. The fourth-order valence-corrected chi connectivity index (χ4v) is 5.93. The van der Waals surface area contributed by atoms with E-state index in [1.165, 1.54) is 0 Å². The number of aromatic amines is 2. The summed E-state index contributed by atoms with van der Waals surface area (Å²) in [5, 5.41) is 0. The second-order valence-corrected chi connectivity index (χ2v) is 14.3. The average Bonchev–Trinajstić information content (AvgIpc) is 3.79. The van der Waals surface area contributed by atoms with Crippen LogP contribution < -0.4 is 0 Å². The Hall–Kier alpha value is -5.04. The van der Waals surface area contributed by atoms with E-state index in [1.807, 2.05) is 90.2 Å². The number of fused-ring (bicyclic) bond motifs is 1. The Balaban J connectivity index is 1.14. The van der Waals surface area contributed by atoms with Gasteiger partial charge in [-0.1, -0.05) is 36.1 Å². The Morgan fingerprint density at radius 1 is 0.872 bits per heavy atom. The van der Waals surface area contributed by atoms with Crippen LogP contribution in [-0.2, 0) is 9.47 Å². The van der Waals surface area contributed by atoms with E-state index >= 15 is 0 Å². The number of carbonyl (C=O) groups is 2. The first-order valence-electron chi connectivity index (χ1n) is 16.1. The van der Waals surface area contributed by atoms with Gasteiger partial charge in [0.1, 0.15) is 22.9 Å². The molecule has 6 rings (SSSR count). The van der Waals surface area contributed by atoms with Gasteiger partial charge in [0.05, 0.1) is 28.8 Å². The average molecular weight is 635 g/mol. The van der Waals surface area contributed by atoms with E-state index in [0.717, 1.165) is 57.7 Å². The van der Waals surface area contributed by atoms with Crippen molar-refractivity contribution in [1.29, 1.82) is 0 Å². The zero-order valence-corrected chi connectivity index (χ0v) is 27.9. The van der Waals surface area contributed by atoms with E-state index in [0.29, 0.717) is 25.3 Å². The van der Waals surface area contributed by atoms with Crippen LogP contribution in [0.3, 0.4) is 0 Å². The largest absolute Gasteiger partial charge is 0.444 e. The summed E-state index contributed by atoms with van der Waals surface area (Å²) in [4.78, 5) is 45.4. The van der Waals surface area contributed by atoms with Gasteiger partial charge in [0.15, 0.2) is 0 Å². The molecule has 2 fully saturated rings. The smallest absolute Gasteiger partial charge is 0.411 e. The summed E-state index contributed by atoms with van der Waals surface area (Å²) >= 11 is 0. The van der Waals surface area contributed by atoms with E-state index in [9.17, 15) is 9.59 Å². The predicted octanol–water partition coefficient (Wildman–Crippen LogP) is 7.66. The number of amides is 2. The van der Waals surface area contributed by atoms with Crippen LogP contribution in [0.4, 0.5) is 9.59 Å². The van der Waals surface area contributed by atoms with Gasteiger partial charge in [-0.15, -0.1) is 0 Å². The summed E-state index contributed by atoms with van der Waals surface area (Å²) in [5.74, 6) is 7.98. The van der Waals surface area contributed by atoms with Crippen LogP contribution in [0.25, 0.3) is 22.3 Å². The molecule has 4 aromatic rings. The summed E-state index contributed by atoms with van der Waals surface area (Å²) in [7, 11) is 0. The minimum atomic E-state index is -0.585. The molecule has 0 aliphatic carbocycles. The van der Waals surface area contributed by atoms with Crippen LogP contribution in [0.15, 0.2) is 60.8 Å². The Morgan fingerprint density at radius 3 is 2.23 bits per heavy atom. The highest BCUT2D eigenvalue weighted by atomic mass is 16.6. The molecule has 0 unspecified atom stereocenters. The van der Waals surface area contributed by atoms with E-state index in [1.54, 1.807) is 9.80 Å². The van der Waals surface area contributed by atoms with E-state index in [-0.39, 0.29) is 24.3 Å². The highest BCUT2D eigenvalue weighted by Gasteiger charge is 2.37. The molecule has 2 amide bonds. The number of imidazole rings is 2. The molecule has 4 heterocycles. The zero-order chi connectivity index (χ0) is 33.5. The first-order valence-corrected chi connectivity index (χ1v) is 16.1. The number of H-pyrrole nitrogens is 2. The Bertz CT molecular complexity index is 1880. The maximum Gasteiger partial charge on any atom is 0.411 e. The lowest BCUT2D eigenvalue weighted by atomic mass is 10.1. The molecule has 0 saturated carbocycles. The van der Waals surface area contributed by atoms with Crippen LogP contribution in [0.2, 0.25) is 0 Å². The first kappa shape index (κ1) is 31.9. The maximum absolute atomic E-state index is 12.9. The topological polar surface area (TPSA) is 116 Å². The van der Waals surface area contributed by atoms with Crippen molar-refractivity contribution in [1.82, 2.24) is 29.7 Å². The summed E-state index contributed by atoms with van der Waals surface area (Å²) < 4.78 is 11.2. The van der Waals surface area contributed by atoms with Crippen molar-refractivity contribution >= 4 is 23.2 Å². The number of hydrogen-bond donors (Lipinski definition) is 2. The van der Waals surface area contributed by atoms with Gasteiger partial charge in [0.2, 0.25) is 0 Å². The zero-order valence-electron chi connectivity index (χ0n) is 27.9. The van der Waals surface area contributed by atoms with Crippen molar-refractivity contribution in [3.63, 3.8) is 0 Å². The van der Waals surface area contributed by atoms with Gasteiger partial charge in [0, 0.05) is 36.0 Å². The molecular formula is C37H42N6O4. The monoisotopic (exact) mass is 634 g/mol. The van der Waals surface area contributed by atoms with E-state index < -0.39 is 11.2 Å². The highest BCUT2D eigenvalue weighted by Crippen LogP contribution is 2.35. The summed E-state index contributed by atoms with van der Waals surface area (Å²) in [6, 6.07) is 13.4. The van der Waals surface area contributed by atoms with Gasteiger partial charge in [-0.3, -0.25) is 9.80 Å². The van der Waals surface area contributed by atoms with Gasteiger partial charge in [-0.05, 0) is 91.1 Å². The lowest BCUT2D eigenvalue weighted by Gasteiger charge is -2.27. The van der Waals surface area contributed by atoms with Gasteiger partial charge in [0.25, 0.3) is 0 Å². The van der Waals surface area contributed by atoms with E-state index in [4.69, 9.17) is 19.4 Å². The van der Waals surface area contributed by atoms with Gasteiger partial charge >= 0.3 is 12.2 Å². The van der Waals surface area contributed by atoms with Crippen molar-refractivity contribution in [2.75, 3.05) is 13.1 Å². The van der Waals surface area contributed by atoms with Crippen molar-refractivity contribution in [2.45, 2.75) is 84.1 Å². The molecule has 2 N–H and O–H groups in total. The summed E-state index contributed by atoms with van der Waals surface area (Å²) in [6.07, 6.45) is 3.58. The third kappa shape index (κ3) is 7.35. The molecule has 2 saturated heterocycles. The number of rotatable bonds is 3. The minimum Gasteiger partial charge on any atom is -0.444 e. The van der Waals surface area contributed by atoms with Crippen LogP contribution in [0.5, 0.6) is 0 Å². The number of ether oxygens (including phenoxy) is 2.